The highest BCUT2D eigenvalue weighted by molar-refractivity contribution is 7.92. The van der Waals surface area contributed by atoms with Crippen molar-refractivity contribution in [2.75, 3.05) is 29.5 Å². The summed E-state index contributed by atoms with van der Waals surface area (Å²) in [5.74, 6) is 0.405. The van der Waals surface area contributed by atoms with Crippen LogP contribution in [0.4, 0.5) is 11.4 Å². The topological polar surface area (TPSA) is 84.9 Å². The molecule has 144 valence electrons. The van der Waals surface area contributed by atoms with E-state index in [1.165, 1.54) is 17.5 Å². The lowest BCUT2D eigenvalue weighted by atomic mass is 10.2. The summed E-state index contributed by atoms with van der Waals surface area (Å²) in [6.45, 7) is 0.0934. The summed E-state index contributed by atoms with van der Waals surface area (Å²) in [4.78, 5) is 12.7. The van der Waals surface area contributed by atoms with Gasteiger partial charge in [0, 0.05) is 18.0 Å². The maximum atomic E-state index is 12.7. The van der Waals surface area contributed by atoms with Crippen LogP contribution >= 0.6 is 11.6 Å². The second kappa shape index (κ2) is 7.66. The Morgan fingerprint density at radius 2 is 2.04 bits per heavy atom. The number of carbonyl (C=O) groups is 1. The number of rotatable bonds is 4. The molecule has 0 saturated heterocycles. The minimum Gasteiger partial charge on any atom is -0.495 e. The average molecular weight is 411 g/mol. The largest absolute Gasteiger partial charge is 0.495 e. The summed E-state index contributed by atoms with van der Waals surface area (Å²) >= 11 is 6.01. The number of methoxy groups -OCH3 is 1. The van der Waals surface area contributed by atoms with Crippen LogP contribution in [-0.4, -0.2) is 40.3 Å². The number of nitrogens with zero attached hydrogens (tertiary/aromatic N) is 1. The Labute approximate surface area is 162 Å². The molecule has 0 fully saturated rings. The van der Waals surface area contributed by atoms with E-state index in [0.29, 0.717) is 22.1 Å². The minimum atomic E-state index is -3.56. The first-order chi connectivity index (χ1) is 12.8. The molecule has 1 aliphatic heterocycles. The first kappa shape index (κ1) is 19.3. The van der Waals surface area contributed by atoms with Crippen LogP contribution in [0.1, 0.15) is 6.42 Å². The number of halogens is 1. The number of carbonyl (C=O) groups excluding carboxylic acids is 1. The van der Waals surface area contributed by atoms with Crippen LogP contribution in [0, 0.1) is 0 Å². The molecule has 9 heteroatoms. The van der Waals surface area contributed by atoms with Crippen molar-refractivity contribution in [2.45, 2.75) is 12.5 Å². The Balaban J connectivity index is 1.89. The van der Waals surface area contributed by atoms with Crippen molar-refractivity contribution in [2.24, 2.45) is 0 Å². The third kappa shape index (κ3) is 4.28. The van der Waals surface area contributed by atoms with E-state index in [-0.39, 0.29) is 18.7 Å². The van der Waals surface area contributed by atoms with E-state index in [4.69, 9.17) is 21.1 Å². The quantitative estimate of drug-likeness (QED) is 0.837. The van der Waals surface area contributed by atoms with E-state index in [2.05, 4.69) is 5.32 Å². The molecule has 2 aromatic rings. The molecule has 2 aromatic carbocycles. The Kier molecular flexibility index (Phi) is 5.48. The zero-order valence-corrected chi connectivity index (χ0v) is 16.4. The molecule has 7 nitrogen and oxygen atoms in total. The van der Waals surface area contributed by atoms with Crippen LogP contribution in [0.15, 0.2) is 42.5 Å². The van der Waals surface area contributed by atoms with Crippen molar-refractivity contribution >= 4 is 38.9 Å². The molecule has 0 unspecified atom stereocenters. The normalized spacial score (nSPS) is 16.7. The van der Waals surface area contributed by atoms with Crippen molar-refractivity contribution in [3.63, 3.8) is 0 Å². The number of nitrogens with one attached hydrogen (secondary N) is 1. The lowest BCUT2D eigenvalue weighted by Gasteiger charge is -2.21. The number of amides is 1. The van der Waals surface area contributed by atoms with Gasteiger partial charge in [0.2, 0.25) is 10.0 Å². The van der Waals surface area contributed by atoms with E-state index >= 15 is 0 Å². The van der Waals surface area contributed by atoms with E-state index < -0.39 is 22.0 Å². The highest BCUT2D eigenvalue weighted by Gasteiger charge is 2.31. The number of hydrogen-bond acceptors (Lipinski definition) is 5. The van der Waals surface area contributed by atoms with Crippen molar-refractivity contribution in [3.8, 4) is 11.5 Å². The number of anilines is 2. The fourth-order valence-electron chi connectivity index (χ4n) is 2.84. The van der Waals surface area contributed by atoms with Gasteiger partial charge in [0.15, 0.2) is 6.10 Å². The third-order valence-corrected chi connectivity index (χ3v) is 5.53. The zero-order valence-electron chi connectivity index (χ0n) is 14.8. The number of hydrogen-bond donors (Lipinski definition) is 1. The van der Waals surface area contributed by atoms with Gasteiger partial charge in [-0.3, -0.25) is 9.10 Å². The lowest BCUT2D eigenvalue weighted by molar-refractivity contribution is -0.122. The van der Waals surface area contributed by atoms with Crippen molar-refractivity contribution in [3.05, 3.63) is 47.5 Å². The van der Waals surface area contributed by atoms with E-state index in [1.54, 1.807) is 36.4 Å². The Morgan fingerprint density at radius 3 is 2.74 bits per heavy atom. The molecule has 3 rings (SSSR count). The van der Waals surface area contributed by atoms with Gasteiger partial charge in [0.25, 0.3) is 5.91 Å². The Hall–Kier alpha value is -2.45. The number of sulfonamides is 1. The van der Waals surface area contributed by atoms with Crippen LogP contribution in [0.3, 0.4) is 0 Å². The van der Waals surface area contributed by atoms with Gasteiger partial charge in [-0.25, -0.2) is 8.42 Å². The molecule has 27 heavy (non-hydrogen) atoms. The molecule has 0 radical (unpaired) electrons. The molecule has 0 spiro atoms. The summed E-state index contributed by atoms with van der Waals surface area (Å²) in [7, 11) is -2.04. The SMILES string of the molecule is COc1ccccc1NC(=O)[C@@H]1CCN(S(C)(=O)=O)c2cc(Cl)ccc2O1. The molecule has 0 aliphatic carbocycles. The predicted molar refractivity (Wildman–Crippen MR) is 104 cm³/mol. The Bertz CT molecular complexity index is 964. The fraction of sp³-hybridized carbons (Fsp3) is 0.278. The van der Waals surface area contributed by atoms with Gasteiger partial charge in [-0.15, -0.1) is 0 Å². The first-order valence-corrected chi connectivity index (χ1v) is 10.4. The van der Waals surface area contributed by atoms with Crippen LogP contribution in [-0.2, 0) is 14.8 Å². The molecule has 1 N–H and O–H groups in total. The van der Waals surface area contributed by atoms with Crippen LogP contribution in [0.25, 0.3) is 0 Å². The maximum absolute atomic E-state index is 12.7. The molecule has 0 bridgehead atoms. The average Bonchev–Trinajstić information content (AvgIpc) is 2.81. The molecule has 0 saturated carbocycles. The minimum absolute atomic E-state index is 0.0934. The predicted octanol–water partition coefficient (Wildman–Crippen LogP) is 2.90. The van der Waals surface area contributed by atoms with Gasteiger partial charge in [-0.05, 0) is 30.3 Å². The smallest absolute Gasteiger partial charge is 0.265 e. The molecular formula is C18H19ClN2O5S. The fourth-order valence-corrected chi connectivity index (χ4v) is 3.95. The molecule has 1 atom stereocenters. The molecule has 0 aromatic heterocycles. The van der Waals surface area contributed by atoms with Crippen molar-refractivity contribution in [1.29, 1.82) is 0 Å². The van der Waals surface area contributed by atoms with Gasteiger partial charge < -0.3 is 14.8 Å². The number of para-hydroxylation sites is 2. The van der Waals surface area contributed by atoms with Crippen LogP contribution in [0.2, 0.25) is 5.02 Å². The monoisotopic (exact) mass is 410 g/mol. The number of benzene rings is 2. The molecule has 1 heterocycles. The van der Waals surface area contributed by atoms with Gasteiger partial charge in [0.1, 0.15) is 11.5 Å². The molecule has 1 aliphatic rings. The van der Waals surface area contributed by atoms with Crippen LogP contribution < -0.4 is 19.1 Å². The van der Waals surface area contributed by atoms with Gasteiger partial charge in [-0.1, -0.05) is 23.7 Å². The summed E-state index contributed by atoms with van der Waals surface area (Å²) in [5.41, 5.74) is 0.826. The van der Waals surface area contributed by atoms with Gasteiger partial charge in [-0.2, -0.15) is 0 Å². The van der Waals surface area contributed by atoms with Gasteiger partial charge in [0.05, 0.1) is 24.7 Å². The number of ether oxygens (including phenoxy) is 2. The maximum Gasteiger partial charge on any atom is 0.265 e. The lowest BCUT2D eigenvalue weighted by Crippen LogP contribution is -2.36. The highest BCUT2D eigenvalue weighted by Crippen LogP contribution is 2.36. The van der Waals surface area contributed by atoms with E-state index in [0.717, 1.165) is 6.26 Å². The third-order valence-electron chi connectivity index (χ3n) is 4.11. The summed E-state index contributed by atoms with van der Waals surface area (Å²) in [6, 6.07) is 11.7. The Morgan fingerprint density at radius 1 is 1.30 bits per heavy atom. The van der Waals surface area contributed by atoms with E-state index in [9.17, 15) is 13.2 Å². The van der Waals surface area contributed by atoms with Crippen molar-refractivity contribution < 1.29 is 22.7 Å². The molecule has 1 amide bonds. The summed E-state index contributed by atoms with van der Waals surface area (Å²) in [6.07, 6.45) is 0.411. The van der Waals surface area contributed by atoms with Crippen molar-refractivity contribution in [1.82, 2.24) is 0 Å². The van der Waals surface area contributed by atoms with Crippen LogP contribution in [0.5, 0.6) is 11.5 Å². The zero-order chi connectivity index (χ0) is 19.6. The number of fused-ring (bicyclic) bond motifs is 1. The summed E-state index contributed by atoms with van der Waals surface area (Å²) < 4.78 is 36.6. The van der Waals surface area contributed by atoms with E-state index in [1.807, 2.05) is 0 Å². The van der Waals surface area contributed by atoms with Gasteiger partial charge >= 0.3 is 0 Å². The first-order valence-electron chi connectivity index (χ1n) is 8.17. The standard InChI is InChI=1S/C18H19ClN2O5S/c1-25-15-6-4-3-5-13(15)20-18(22)17-9-10-21(27(2,23)24)14-11-12(19)7-8-16(14)26-17/h3-8,11,17H,9-10H2,1-2H3,(H,20,22)/t17-/m0/s1. The molecular weight excluding hydrogens is 392 g/mol. The highest BCUT2D eigenvalue weighted by atomic mass is 35.5. The second-order valence-electron chi connectivity index (χ2n) is 6.03. The summed E-state index contributed by atoms with van der Waals surface area (Å²) in [5, 5.41) is 3.15. The second-order valence-corrected chi connectivity index (χ2v) is 8.38.